The fourth-order valence-corrected chi connectivity index (χ4v) is 1.91. The van der Waals surface area contributed by atoms with Crippen LogP contribution in [0.3, 0.4) is 0 Å². The van der Waals surface area contributed by atoms with E-state index >= 15 is 0 Å². The van der Waals surface area contributed by atoms with E-state index in [0.29, 0.717) is 5.54 Å². The third kappa shape index (κ3) is 4.97. The predicted molar refractivity (Wildman–Crippen MR) is 64.8 cm³/mol. The Morgan fingerprint density at radius 2 is 1.36 bits per heavy atom. The summed E-state index contributed by atoms with van der Waals surface area (Å²) in [6, 6.07) is 0. The van der Waals surface area contributed by atoms with E-state index in [0.717, 1.165) is 13.1 Å². The average molecular weight is 200 g/mol. The maximum absolute atomic E-state index is 3.71. The molecule has 2 heteroatoms. The summed E-state index contributed by atoms with van der Waals surface area (Å²) in [6.45, 7) is 9.16. The third-order valence-electron chi connectivity index (χ3n) is 3.38. The average Bonchev–Trinajstić information content (AvgIpc) is 2.24. The van der Waals surface area contributed by atoms with Crippen LogP contribution in [0.2, 0.25) is 0 Å². The van der Waals surface area contributed by atoms with E-state index in [1.165, 1.54) is 32.1 Å². The summed E-state index contributed by atoms with van der Waals surface area (Å²) < 4.78 is 0. The molecule has 2 nitrogen and oxygen atoms in total. The molecule has 0 saturated heterocycles. The van der Waals surface area contributed by atoms with Gasteiger partial charge < -0.3 is 10.6 Å². The van der Waals surface area contributed by atoms with Crippen molar-refractivity contribution in [3.63, 3.8) is 0 Å². The lowest BCUT2D eigenvalue weighted by Crippen LogP contribution is -2.44. The molecule has 0 atom stereocenters. The highest BCUT2D eigenvalue weighted by molar-refractivity contribution is 4.83. The molecular formula is C12H28N2. The molecule has 0 spiro atoms. The summed E-state index contributed by atoms with van der Waals surface area (Å²) in [5.41, 5.74) is 0.402. The molecule has 0 aliphatic heterocycles. The predicted octanol–water partition coefficient (Wildman–Crippen LogP) is 2.54. The van der Waals surface area contributed by atoms with Crippen molar-refractivity contribution in [2.75, 3.05) is 20.1 Å². The highest BCUT2D eigenvalue weighted by Gasteiger charge is 2.21. The van der Waals surface area contributed by atoms with E-state index in [1.54, 1.807) is 0 Å². The first-order valence-electron chi connectivity index (χ1n) is 6.14. The Bertz CT molecular complexity index is 111. The largest absolute Gasteiger partial charge is 0.320 e. The second-order valence-corrected chi connectivity index (χ2v) is 4.08. The van der Waals surface area contributed by atoms with Crippen LogP contribution in [0.1, 0.15) is 52.9 Å². The Morgan fingerprint density at radius 1 is 0.857 bits per heavy atom. The van der Waals surface area contributed by atoms with E-state index in [1.807, 2.05) is 7.05 Å². The van der Waals surface area contributed by atoms with Crippen LogP contribution in [-0.2, 0) is 0 Å². The molecule has 0 rings (SSSR count). The van der Waals surface area contributed by atoms with Gasteiger partial charge in [-0.05, 0) is 52.2 Å². The molecule has 0 aliphatic rings. The van der Waals surface area contributed by atoms with E-state index in [9.17, 15) is 0 Å². The molecule has 0 bridgehead atoms. The highest BCUT2D eigenvalue weighted by Crippen LogP contribution is 2.18. The van der Waals surface area contributed by atoms with Gasteiger partial charge in [0.25, 0.3) is 0 Å². The Hall–Kier alpha value is -0.0800. The van der Waals surface area contributed by atoms with Crippen molar-refractivity contribution in [2.45, 2.75) is 58.4 Å². The first-order valence-corrected chi connectivity index (χ1v) is 6.14. The third-order valence-corrected chi connectivity index (χ3v) is 3.38. The Balaban J connectivity index is 3.61. The van der Waals surface area contributed by atoms with Crippen molar-refractivity contribution in [3.05, 3.63) is 0 Å². The maximum atomic E-state index is 3.71. The lowest BCUT2D eigenvalue weighted by Gasteiger charge is -2.32. The van der Waals surface area contributed by atoms with Gasteiger partial charge in [-0.3, -0.25) is 0 Å². The van der Waals surface area contributed by atoms with E-state index in [2.05, 4.69) is 31.4 Å². The summed E-state index contributed by atoms with van der Waals surface area (Å²) >= 11 is 0. The van der Waals surface area contributed by atoms with Crippen molar-refractivity contribution in [1.29, 1.82) is 0 Å². The van der Waals surface area contributed by atoms with Gasteiger partial charge in [-0.25, -0.2) is 0 Å². The fourth-order valence-electron chi connectivity index (χ4n) is 1.91. The monoisotopic (exact) mass is 200 g/mol. The van der Waals surface area contributed by atoms with E-state index < -0.39 is 0 Å². The van der Waals surface area contributed by atoms with Gasteiger partial charge in [0.15, 0.2) is 0 Å². The summed E-state index contributed by atoms with van der Waals surface area (Å²) in [5, 5.41) is 6.89. The van der Waals surface area contributed by atoms with Gasteiger partial charge in [0.1, 0.15) is 0 Å². The molecule has 0 unspecified atom stereocenters. The zero-order chi connectivity index (χ0) is 10.9. The second kappa shape index (κ2) is 8.25. The lowest BCUT2D eigenvalue weighted by atomic mass is 9.90. The molecule has 0 heterocycles. The van der Waals surface area contributed by atoms with Crippen LogP contribution in [0, 0.1) is 0 Å². The van der Waals surface area contributed by atoms with Gasteiger partial charge >= 0.3 is 0 Å². The lowest BCUT2D eigenvalue weighted by molar-refractivity contribution is 0.288. The van der Waals surface area contributed by atoms with Crippen LogP contribution < -0.4 is 10.6 Å². The smallest absolute Gasteiger partial charge is 0.0173 e. The van der Waals surface area contributed by atoms with Crippen molar-refractivity contribution in [3.8, 4) is 0 Å². The summed E-state index contributed by atoms with van der Waals surface area (Å²) in [5.74, 6) is 0. The fraction of sp³-hybridized carbons (Fsp3) is 1.00. The van der Waals surface area contributed by atoms with Crippen molar-refractivity contribution in [2.24, 2.45) is 0 Å². The highest BCUT2D eigenvalue weighted by atomic mass is 15.0. The second-order valence-electron chi connectivity index (χ2n) is 4.08. The molecular weight excluding hydrogens is 172 g/mol. The van der Waals surface area contributed by atoms with Crippen LogP contribution in [0.5, 0.6) is 0 Å². The molecule has 0 aromatic carbocycles. The van der Waals surface area contributed by atoms with Gasteiger partial charge in [-0.15, -0.1) is 0 Å². The number of nitrogens with one attached hydrogen (secondary N) is 2. The summed E-state index contributed by atoms with van der Waals surface area (Å²) in [6.07, 6.45) is 6.28. The van der Waals surface area contributed by atoms with Gasteiger partial charge in [0.05, 0.1) is 0 Å². The standard InChI is InChI=1S/C12H28N2/c1-5-12(6-2,7-3)14-11-9-8-10-13-4/h13-14H,5-11H2,1-4H3. The molecule has 0 saturated carbocycles. The zero-order valence-electron chi connectivity index (χ0n) is 10.4. The van der Waals surface area contributed by atoms with E-state index in [4.69, 9.17) is 0 Å². The Morgan fingerprint density at radius 3 is 1.79 bits per heavy atom. The van der Waals surface area contributed by atoms with Crippen molar-refractivity contribution < 1.29 is 0 Å². The number of rotatable bonds is 9. The van der Waals surface area contributed by atoms with E-state index in [-0.39, 0.29) is 0 Å². The number of hydrogen-bond donors (Lipinski definition) is 2. The minimum absolute atomic E-state index is 0.402. The number of hydrogen-bond acceptors (Lipinski definition) is 2. The number of unbranched alkanes of at least 4 members (excludes halogenated alkanes) is 1. The first-order chi connectivity index (χ1) is 6.74. The van der Waals surface area contributed by atoms with Crippen LogP contribution in [0.25, 0.3) is 0 Å². The SMILES string of the molecule is CCC(CC)(CC)NCCCCNC. The topological polar surface area (TPSA) is 24.1 Å². The first kappa shape index (κ1) is 13.9. The summed E-state index contributed by atoms with van der Waals surface area (Å²) in [4.78, 5) is 0. The quantitative estimate of drug-likeness (QED) is 0.559. The molecule has 2 N–H and O–H groups in total. The molecule has 0 aromatic rings. The minimum atomic E-state index is 0.402. The minimum Gasteiger partial charge on any atom is -0.320 e. The van der Waals surface area contributed by atoms with Gasteiger partial charge in [-0.2, -0.15) is 0 Å². The van der Waals surface area contributed by atoms with Gasteiger partial charge in [0, 0.05) is 5.54 Å². The van der Waals surface area contributed by atoms with Gasteiger partial charge in [-0.1, -0.05) is 20.8 Å². The summed E-state index contributed by atoms with van der Waals surface area (Å²) in [7, 11) is 2.02. The molecule has 0 amide bonds. The molecule has 0 fully saturated rings. The van der Waals surface area contributed by atoms with Crippen LogP contribution in [0.15, 0.2) is 0 Å². The molecule has 86 valence electrons. The molecule has 0 aliphatic carbocycles. The molecule has 0 aromatic heterocycles. The van der Waals surface area contributed by atoms with Crippen molar-refractivity contribution in [1.82, 2.24) is 10.6 Å². The van der Waals surface area contributed by atoms with Crippen molar-refractivity contribution >= 4 is 0 Å². The molecule has 14 heavy (non-hydrogen) atoms. The van der Waals surface area contributed by atoms with Crippen LogP contribution in [-0.4, -0.2) is 25.7 Å². The maximum Gasteiger partial charge on any atom is 0.0173 e. The molecule has 0 radical (unpaired) electrons. The Kier molecular flexibility index (Phi) is 8.20. The van der Waals surface area contributed by atoms with Crippen LogP contribution >= 0.6 is 0 Å². The Labute approximate surface area is 89.9 Å². The normalized spacial score (nSPS) is 12.0. The van der Waals surface area contributed by atoms with Gasteiger partial charge in [0.2, 0.25) is 0 Å². The van der Waals surface area contributed by atoms with Crippen LogP contribution in [0.4, 0.5) is 0 Å². The zero-order valence-corrected chi connectivity index (χ0v) is 10.4.